The van der Waals surface area contributed by atoms with E-state index in [1.54, 1.807) is 6.92 Å². The van der Waals surface area contributed by atoms with E-state index in [4.69, 9.17) is 0 Å². The molecule has 6 heteroatoms. The Morgan fingerprint density at radius 1 is 1.40 bits per heavy atom. The lowest BCUT2D eigenvalue weighted by Crippen LogP contribution is -2.41. The van der Waals surface area contributed by atoms with Gasteiger partial charge in [-0.3, -0.25) is 4.79 Å². The smallest absolute Gasteiger partial charge is 0.346 e. The van der Waals surface area contributed by atoms with Crippen LogP contribution < -0.4 is 11.0 Å². The number of nitrogens with one attached hydrogen (secondary N) is 2. The third-order valence-corrected chi connectivity index (χ3v) is 4.62. The fraction of sp³-hybridized carbons (Fsp3) is 0.643. The highest BCUT2D eigenvalue weighted by molar-refractivity contribution is 7.98. The Labute approximate surface area is 123 Å². The van der Waals surface area contributed by atoms with Gasteiger partial charge in [0.2, 0.25) is 0 Å². The Balaban J connectivity index is 2.22. The molecule has 1 aliphatic rings. The van der Waals surface area contributed by atoms with Gasteiger partial charge >= 0.3 is 5.69 Å². The van der Waals surface area contributed by atoms with Crippen LogP contribution >= 0.6 is 11.8 Å². The van der Waals surface area contributed by atoms with E-state index in [-0.39, 0.29) is 11.9 Å². The molecule has 2 unspecified atom stereocenters. The number of carbonyl (C=O) groups is 1. The molecule has 2 rings (SSSR count). The highest BCUT2D eigenvalue weighted by Crippen LogP contribution is 2.25. The Morgan fingerprint density at radius 3 is 2.75 bits per heavy atom. The number of amides is 1. The molecule has 1 saturated carbocycles. The summed E-state index contributed by atoms with van der Waals surface area (Å²) in [6.45, 7) is 3.92. The molecular weight excluding hydrogens is 274 g/mol. The van der Waals surface area contributed by atoms with Gasteiger partial charge in [0.05, 0.1) is 5.56 Å². The van der Waals surface area contributed by atoms with Crippen LogP contribution in [-0.4, -0.2) is 28.2 Å². The van der Waals surface area contributed by atoms with Crippen molar-refractivity contribution in [3.8, 4) is 0 Å². The molecule has 110 valence electrons. The Kier molecular flexibility index (Phi) is 4.86. The Bertz CT molecular complexity index is 556. The molecule has 0 spiro atoms. The van der Waals surface area contributed by atoms with E-state index in [0.717, 1.165) is 19.3 Å². The van der Waals surface area contributed by atoms with Crippen molar-refractivity contribution in [1.29, 1.82) is 0 Å². The van der Waals surface area contributed by atoms with Gasteiger partial charge in [-0.15, -0.1) is 11.8 Å². The van der Waals surface area contributed by atoms with E-state index in [1.165, 1.54) is 18.2 Å². The second-order valence-corrected chi connectivity index (χ2v) is 6.19. The summed E-state index contributed by atoms with van der Waals surface area (Å²) >= 11 is 1.32. The number of nitrogens with zero attached hydrogens (tertiary/aromatic N) is 1. The largest absolute Gasteiger partial charge is 0.349 e. The van der Waals surface area contributed by atoms with Crippen molar-refractivity contribution in [2.45, 2.75) is 50.6 Å². The first-order valence-corrected chi connectivity index (χ1v) is 8.21. The number of H-pyrrole nitrogens is 1. The van der Waals surface area contributed by atoms with Crippen molar-refractivity contribution in [1.82, 2.24) is 15.3 Å². The van der Waals surface area contributed by atoms with E-state index in [1.807, 2.05) is 6.26 Å². The van der Waals surface area contributed by atoms with Gasteiger partial charge in [0.1, 0.15) is 5.03 Å². The predicted octanol–water partition coefficient (Wildman–Crippen LogP) is 2.11. The maximum absolute atomic E-state index is 12.5. The quantitative estimate of drug-likeness (QED) is 0.661. The second kappa shape index (κ2) is 6.43. The van der Waals surface area contributed by atoms with Crippen LogP contribution in [0.4, 0.5) is 0 Å². The second-order valence-electron chi connectivity index (χ2n) is 5.39. The number of aryl methyl sites for hydroxylation is 1. The maximum Gasteiger partial charge on any atom is 0.346 e. The minimum absolute atomic E-state index is 0.130. The molecule has 2 N–H and O–H groups in total. The van der Waals surface area contributed by atoms with Gasteiger partial charge in [0.25, 0.3) is 5.91 Å². The fourth-order valence-electron chi connectivity index (χ4n) is 2.75. The number of carbonyl (C=O) groups excluding carboxylic acids is 1. The number of hydrogen-bond donors (Lipinski definition) is 2. The molecule has 0 saturated heterocycles. The van der Waals surface area contributed by atoms with Crippen molar-refractivity contribution in [2.75, 3.05) is 6.26 Å². The average molecular weight is 295 g/mol. The summed E-state index contributed by atoms with van der Waals surface area (Å²) < 4.78 is 0. The zero-order valence-electron chi connectivity index (χ0n) is 12.2. The Hall–Kier alpha value is -1.30. The summed E-state index contributed by atoms with van der Waals surface area (Å²) in [6, 6.07) is 0.220. The topological polar surface area (TPSA) is 74.8 Å². The third kappa shape index (κ3) is 3.23. The molecule has 1 heterocycles. The van der Waals surface area contributed by atoms with E-state index >= 15 is 0 Å². The number of aromatic amines is 1. The van der Waals surface area contributed by atoms with Gasteiger partial charge in [0, 0.05) is 11.7 Å². The van der Waals surface area contributed by atoms with Crippen molar-refractivity contribution in [3.63, 3.8) is 0 Å². The van der Waals surface area contributed by atoms with E-state index < -0.39 is 5.69 Å². The van der Waals surface area contributed by atoms with Crippen LogP contribution in [0.1, 0.15) is 48.7 Å². The number of rotatable bonds is 3. The van der Waals surface area contributed by atoms with Gasteiger partial charge in [0.15, 0.2) is 0 Å². The molecule has 0 aromatic carbocycles. The SMILES string of the molecule is CSc1nc(=O)[nH]c(C)c1C(=O)NC1CCCCC1C. The lowest BCUT2D eigenvalue weighted by Gasteiger charge is -2.29. The predicted molar refractivity (Wildman–Crippen MR) is 80.3 cm³/mol. The van der Waals surface area contributed by atoms with Crippen LogP contribution in [-0.2, 0) is 0 Å². The van der Waals surface area contributed by atoms with Crippen LogP contribution in [0.15, 0.2) is 9.82 Å². The summed E-state index contributed by atoms with van der Waals surface area (Å²) in [5, 5.41) is 3.60. The van der Waals surface area contributed by atoms with Crippen LogP contribution in [0.3, 0.4) is 0 Å². The van der Waals surface area contributed by atoms with E-state index in [0.29, 0.717) is 22.2 Å². The van der Waals surface area contributed by atoms with Crippen molar-refractivity contribution in [3.05, 3.63) is 21.7 Å². The summed E-state index contributed by atoms with van der Waals surface area (Å²) in [6.07, 6.45) is 6.40. The first-order valence-electron chi connectivity index (χ1n) is 6.98. The minimum atomic E-state index is -0.408. The lowest BCUT2D eigenvalue weighted by molar-refractivity contribution is 0.0905. The van der Waals surface area contributed by atoms with Gasteiger partial charge in [-0.2, -0.15) is 4.98 Å². The zero-order valence-corrected chi connectivity index (χ0v) is 13.0. The molecular formula is C14H21N3O2S. The van der Waals surface area contributed by atoms with Gasteiger partial charge < -0.3 is 10.3 Å². The lowest BCUT2D eigenvalue weighted by atomic mass is 9.86. The summed E-state index contributed by atoms with van der Waals surface area (Å²) in [4.78, 5) is 30.3. The highest BCUT2D eigenvalue weighted by Gasteiger charge is 2.25. The monoisotopic (exact) mass is 295 g/mol. The molecule has 2 atom stereocenters. The molecule has 20 heavy (non-hydrogen) atoms. The Morgan fingerprint density at radius 2 is 2.10 bits per heavy atom. The van der Waals surface area contributed by atoms with Crippen LogP contribution in [0.25, 0.3) is 0 Å². The van der Waals surface area contributed by atoms with E-state index in [9.17, 15) is 9.59 Å². The first-order chi connectivity index (χ1) is 9.52. The van der Waals surface area contributed by atoms with Crippen LogP contribution in [0, 0.1) is 12.8 Å². The van der Waals surface area contributed by atoms with Crippen molar-refractivity contribution in [2.24, 2.45) is 5.92 Å². The molecule has 1 fully saturated rings. The fourth-order valence-corrected chi connectivity index (χ4v) is 3.37. The molecule has 1 aromatic heterocycles. The number of thioether (sulfide) groups is 1. The highest BCUT2D eigenvalue weighted by atomic mass is 32.2. The van der Waals surface area contributed by atoms with Crippen LogP contribution in [0.5, 0.6) is 0 Å². The molecule has 0 aliphatic heterocycles. The van der Waals surface area contributed by atoms with Crippen molar-refractivity contribution >= 4 is 17.7 Å². The maximum atomic E-state index is 12.5. The van der Waals surface area contributed by atoms with Gasteiger partial charge in [-0.1, -0.05) is 19.8 Å². The molecule has 0 bridgehead atoms. The molecule has 5 nitrogen and oxygen atoms in total. The summed E-state index contributed by atoms with van der Waals surface area (Å²) in [7, 11) is 0. The molecule has 1 amide bonds. The van der Waals surface area contributed by atoms with Gasteiger partial charge in [-0.05, 0) is 31.9 Å². The van der Waals surface area contributed by atoms with E-state index in [2.05, 4.69) is 22.2 Å². The van der Waals surface area contributed by atoms with Crippen LogP contribution in [0.2, 0.25) is 0 Å². The van der Waals surface area contributed by atoms with Crippen molar-refractivity contribution < 1.29 is 4.79 Å². The zero-order chi connectivity index (χ0) is 14.7. The first kappa shape index (κ1) is 15.1. The average Bonchev–Trinajstić information content (AvgIpc) is 2.40. The number of aromatic nitrogens is 2. The normalized spacial score (nSPS) is 22.6. The van der Waals surface area contributed by atoms with Gasteiger partial charge in [-0.25, -0.2) is 4.79 Å². The molecule has 1 aliphatic carbocycles. The standard InChI is InChI=1S/C14H21N3O2S/c1-8-6-4-5-7-10(8)16-12(18)11-9(2)15-14(19)17-13(11)20-3/h8,10H,4-7H2,1-3H3,(H,16,18)(H,15,17,19). The summed E-state index contributed by atoms with van der Waals surface area (Å²) in [5.41, 5.74) is 0.666. The number of hydrogen-bond acceptors (Lipinski definition) is 4. The summed E-state index contributed by atoms with van der Waals surface area (Å²) in [5.74, 6) is 0.371. The minimum Gasteiger partial charge on any atom is -0.349 e. The molecule has 0 radical (unpaired) electrons. The molecule has 1 aromatic rings. The third-order valence-electron chi connectivity index (χ3n) is 3.93.